The van der Waals surface area contributed by atoms with Gasteiger partial charge >= 0.3 is 0 Å². The minimum atomic E-state index is -3.49. The van der Waals surface area contributed by atoms with Crippen LogP contribution >= 0.6 is 0 Å². The summed E-state index contributed by atoms with van der Waals surface area (Å²) in [6, 6.07) is 11.7. The summed E-state index contributed by atoms with van der Waals surface area (Å²) in [6.07, 6.45) is 2.46. The zero-order valence-corrected chi connectivity index (χ0v) is 14.6. The SMILES string of the molecule is Cc1ccc([C@H]2CCCN2S(=O)(=O)N2CCc3ccccc3C2)o1. The Kier molecular flexibility index (Phi) is 3.98. The van der Waals surface area contributed by atoms with Crippen LogP contribution in [0.15, 0.2) is 40.8 Å². The predicted octanol–water partition coefficient (Wildman–Crippen LogP) is 3.03. The van der Waals surface area contributed by atoms with Crippen LogP contribution in [0.4, 0.5) is 0 Å². The Morgan fingerprint density at radius 1 is 1.08 bits per heavy atom. The number of hydrogen-bond donors (Lipinski definition) is 0. The standard InChI is InChI=1S/C18H22N2O3S/c1-14-8-9-18(23-14)17-7-4-11-20(17)24(21,22)19-12-10-15-5-2-3-6-16(15)13-19/h2-3,5-6,8-9,17H,4,7,10-13H2,1H3/t17-/m1/s1. The summed E-state index contributed by atoms with van der Waals surface area (Å²) in [6.45, 7) is 3.45. The van der Waals surface area contributed by atoms with Crippen molar-refractivity contribution in [3.63, 3.8) is 0 Å². The Balaban J connectivity index is 1.60. The van der Waals surface area contributed by atoms with Gasteiger partial charge in [-0.2, -0.15) is 17.0 Å². The Labute approximate surface area is 143 Å². The van der Waals surface area contributed by atoms with Crippen LogP contribution < -0.4 is 0 Å². The van der Waals surface area contributed by atoms with Gasteiger partial charge in [0.2, 0.25) is 0 Å². The van der Waals surface area contributed by atoms with Crippen molar-refractivity contribution in [3.05, 3.63) is 59.0 Å². The number of aryl methyl sites for hydroxylation is 1. The molecular weight excluding hydrogens is 324 g/mol. The molecule has 0 radical (unpaired) electrons. The van der Waals surface area contributed by atoms with E-state index in [1.165, 1.54) is 5.56 Å². The maximum absolute atomic E-state index is 13.2. The second-order valence-corrected chi connectivity index (χ2v) is 8.46. The number of hydrogen-bond acceptors (Lipinski definition) is 3. The number of nitrogens with zero attached hydrogens (tertiary/aromatic N) is 2. The molecule has 0 saturated carbocycles. The third kappa shape index (κ3) is 2.68. The zero-order valence-electron chi connectivity index (χ0n) is 13.8. The zero-order chi connectivity index (χ0) is 16.7. The molecule has 0 N–H and O–H groups in total. The van der Waals surface area contributed by atoms with Crippen LogP contribution in [0.3, 0.4) is 0 Å². The third-order valence-electron chi connectivity index (χ3n) is 5.01. The van der Waals surface area contributed by atoms with E-state index in [0.29, 0.717) is 19.6 Å². The first-order chi connectivity index (χ1) is 11.6. The fourth-order valence-electron chi connectivity index (χ4n) is 3.75. The van der Waals surface area contributed by atoms with Crippen LogP contribution in [0, 0.1) is 6.92 Å². The summed E-state index contributed by atoms with van der Waals surface area (Å²) in [5, 5.41) is 0. The van der Waals surface area contributed by atoms with Crippen LogP contribution in [0.1, 0.15) is 41.5 Å². The van der Waals surface area contributed by atoms with Gasteiger partial charge in [-0.1, -0.05) is 24.3 Å². The molecule has 5 nitrogen and oxygen atoms in total. The fourth-order valence-corrected chi connectivity index (χ4v) is 5.56. The van der Waals surface area contributed by atoms with Crippen molar-refractivity contribution < 1.29 is 12.8 Å². The molecule has 1 aromatic heterocycles. The average Bonchev–Trinajstić information content (AvgIpc) is 3.23. The number of benzene rings is 1. The van der Waals surface area contributed by atoms with Crippen molar-refractivity contribution in [1.82, 2.24) is 8.61 Å². The topological polar surface area (TPSA) is 53.8 Å². The molecule has 0 bridgehead atoms. The van der Waals surface area contributed by atoms with Crippen LogP contribution in [-0.2, 0) is 23.2 Å². The molecule has 6 heteroatoms. The van der Waals surface area contributed by atoms with Gasteiger partial charge in [-0.15, -0.1) is 0 Å². The maximum Gasteiger partial charge on any atom is 0.282 e. The summed E-state index contributed by atoms with van der Waals surface area (Å²) in [7, 11) is -3.49. The highest BCUT2D eigenvalue weighted by Gasteiger charge is 2.41. The van der Waals surface area contributed by atoms with Crippen LogP contribution in [0.25, 0.3) is 0 Å². The van der Waals surface area contributed by atoms with Crippen molar-refractivity contribution in [2.75, 3.05) is 13.1 Å². The first-order valence-corrected chi connectivity index (χ1v) is 9.85. The minimum Gasteiger partial charge on any atom is -0.465 e. The molecular formula is C18H22N2O3S. The predicted molar refractivity (Wildman–Crippen MR) is 91.6 cm³/mol. The molecule has 0 unspecified atom stereocenters. The Bertz CT molecular complexity index is 843. The highest BCUT2D eigenvalue weighted by molar-refractivity contribution is 7.86. The van der Waals surface area contributed by atoms with E-state index in [1.807, 2.05) is 37.3 Å². The summed E-state index contributed by atoms with van der Waals surface area (Å²) < 4.78 is 35.3. The lowest BCUT2D eigenvalue weighted by Crippen LogP contribution is -2.45. The van der Waals surface area contributed by atoms with E-state index in [1.54, 1.807) is 8.61 Å². The van der Waals surface area contributed by atoms with Crippen LogP contribution in [-0.4, -0.2) is 30.1 Å². The molecule has 1 fully saturated rings. The van der Waals surface area contributed by atoms with E-state index in [2.05, 4.69) is 6.07 Å². The van der Waals surface area contributed by atoms with Gasteiger partial charge in [-0.05, 0) is 49.4 Å². The quantitative estimate of drug-likeness (QED) is 0.858. The van der Waals surface area contributed by atoms with Gasteiger partial charge in [0.1, 0.15) is 11.5 Å². The molecule has 1 atom stereocenters. The van der Waals surface area contributed by atoms with Crippen molar-refractivity contribution >= 4 is 10.2 Å². The molecule has 128 valence electrons. The van der Waals surface area contributed by atoms with Gasteiger partial charge in [0, 0.05) is 19.6 Å². The average molecular weight is 346 g/mol. The van der Waals surface area contributed by atoms with Crippen molar-refractivity contribution in [2.45, 2.75) is 38.8 Å². The fraction of sp³-hybridized carbons (Fsp3) is 0.444. The van der Waals surface area contributed by atoms with Gasteiger partial charge in [0.25, 0.3) is 10.2 Å². The molecule has 0 spiro atoms. The number of rotatable bonds is 3. The van der Waals surface area contributed by atoms with Crippen molar-refractivity contribution in [1.29, 1.82) is 0 Å². The monoisotopic (exact) mass is 346 g/mol. The summed E-state index contributed by atoms with van der Waals surface area (Å²) in [5.74, 6) is 1.58. The Morgan fingerprint density at radius 2 is 1.88 bits per heavy atom. The highest BCUT2D eigenvalue weighted by atomic mass is 32.2. The normalized spacial score (nSPS) is 22.6. The van der Waals surface area contributed by atoms with Crippen molar-refractivity contribution in [3.8, 4) is 0 Å². The van der Waals surface area contributed by atoms with Gasteiger partial charge in [0.05, 0.1) is 6.04 Å². The van der Waals surface area contributed by atoms with Crippen molar-refractivity contribution in [2.24, 2.45) is 0 Å². The van der Waals surface area contributed by atoms with E-state index in [-0.39, 0.29) is 6.04 Å². The Hall–Kier alpha value is -1.63. The lowest BCUT2D eigenvalue weighted by molar-refractivity contribution is 0.291. The summed E-state index contributed by atoms with van der Waals surface area (Å²) in [4.78, 5) is 0. The molecule has 1 saturated heterocycles. The maximum atomic E-state index is 13.2. The van der Waals surface area contributed by atoms with Gasteiger partial charge in [-0.25, -0.2) is 0 Å². The second kappa shape index (κ2) is 6.02. The first kappa shape index (κ1) is 15.9. The minimum absolute atomic E-state index is 0.180. The molecule has 0 aliphatic carbocycles. The third-order valence-corrected chi connectivity index (χ3v) is 7.01. The summed E-state index contributed by atoms with van der Waals surface area (Å²) in [5.41, 5.74) is 2.36. The van der Waals surface area contributed by atoms with Gasteiger partial charge in [-0.3, -0.25) is 0 Å². The smallest absolute Gasteiger partial charge is 0.282 e. The van der Waals surface area contributed by atoms with Gasteiger partial charge < -0.3 is 4.42 Å². The molecule has 24 heavy (non-hydrogen) atoms. The molecule has 3 heterocycles. The largest absolute Gasteiger partial charge is 0.465 e. The lowest BCUT2D eigenvalue weighted by atomic mass is 10.0. The van der Waals surface area contributed by atoms with E-state index >= 15 is 0 Å². The van der Waals surface area contributed by atoms with E-state index in [9.17, 15) is 8.42 Å². The second-order valence-electron chi connectivity index (χ2n) is 6.58. The first-order valence-electron chi connectivity index (χ1n) is 8.46. The van der Waals surface area contributed by atoms with Crippen LogP contribution in [0.2, 0.25) is 0 Å². The van der Waals surface area contributed by atoms with E-state index < -0.39 is 10.2 Å². The van der Waals surface area contributed by atoms with Crippen LogP contribution in [0.5, 0.6) is 0 Å². The molecule has 2 aliphatic heterocycles. The van der Waals surface area contributed by atoms with E-state index in [0.717, 1.165) is 36.3 Å². The summed E-state index contributed by atoms with van der Waals surface area (Å²) >= 11 is 0. The molecule has 4 rings (SSSR count). The highest BCUT2D eigenvalue weighted by Crippen LogP contribution is 2.37. The molecule has 1 aromatic carbocycles. The number of furan rings is 1. The van der Waals surface area contributed by atoms with Gasteiger partial charge in [0.15, 0.2) is 0 Å². The molecule has 2 aromatic rings. The molecule has 0 amide bonds. The van der Waals surface area contributed by atoms with E-state index in [4.69, 9.17) is 4.42 Å². The Morgan fingerprint density at radius 3 is 2.62 bits per heavy atom. The molecule has 2 aliphatic rings. The number of fused-ring (bicyclic) bond motifs is 1. The lowest BCUT2D eigenvalue weighted by Gasteiger charge is -2.33.